The number of aromatic nitrogens is 1. The van der Waals surface area contributed by atoms with Gasteiger partial charge in [0.15, 0.2) is 0 Å². The van der Waals surface area contributed by atoms with Crippen molar-refractivity contribution in [2.75, 3.05) is 27.2 Å². The summed E-state index contributed by atoms with van der Waals surface area (Å²) in [6.45, 7) is 2.74. The third-order valence-corrected chi connectivity index (χ3v) is 4.74. The first-order valence-electron chi connectivity index (χ1n) is 9.28. The molecule has 28 heavy (non-hydrogen) atoms. The molecule has 1 heterocycles. The molecule has 0 saturated carbocycles. The van der Waals surface area contributed by atoms with Crippen LogP contribution < -0.4 is 5.56 Å². The Labute approximate surface area is 171 Å². The van der Waals surface area contributed by atoms with Crippen molar-refractivity contribution < 1.29 is 4.74 Å². The molecule has 0 N–H and O–H groups in total. The molecule has 0 aliphatic heterocycles. The summed E-state index contributed by atoms with van der Waals surface area (Å²) < 4.78 is 7.41. The minimum atomic E-state index is -0.0235. The maximum absolute atomic E-state index is 12.2. The van der Waals surface area contributed by atoms with E-state index in [-0.39, 0.29) is 5.56 Å². The second-order valence-electron chi connectivity index (χ2n) is 7.06. The molecular weight excluding hydrogens is 372 g/mol. The number of benzene rings is 2. The molecule has 0 amide bonds. The number of nitrogens with zero attached hydrogens (tertiary/aromatic N) is 2. The molecule has 3 rings (SSSR count). The van der Waals surface area contributed by atoms with Gasteiger partial charge in [0.1, 0.15) is 0 Å². The molecule has 0 atom stereocenters. The van der Waals surface area contributed by atoms with Gasteiger partial charge in [-0.2, -0.15) is 0 Å². The molecule has 0 unspecified atom stereocenters. The highest BCUT2D eigenvalue weighted by Gasteiger charge is 2.04. The van der Waals surface area contributed by atoms with E-state index in [0.29, 0.717) is 24.8 Å². The topological polar surface area (TPSA) is 34.5 Å². The maximum Gasteiger partial charge on any atom is 0.250 e. The summed E-state index contributed by atoms with van der Waals surface area (Å²) >= 11 is 5.94. The average Bonchev–Trinajstić information content (AvgIpc) is 2.69. The number of halogens is 1. The zero-order valence-corrected chi connectivity index (χ0v) is 17.0. The van der Waals surface area contributed by atoms with E-state index < -0.39 is 0 Å². The van der Waals surface area contributed by atoms with Gasteiger partial charge in [-0.3, -0.25) is 4.79 Å². The molecule has 2 aromatic carbocycles. The van der Waals surface area contributed by atoms with E-state index in [4.69, 9.17) is 16.3 Å². The first kappa shape index (κ1) is 20.3. The smallest absolute Gasteiger partial charge is 0.250 e. The van der Waals surface area contributed by atoms with Crippen LogP contribution in [0.1, 0.15) is 11.1 Å². The lowest BCUT2D eigenvalue weighted by Gasteiger charge is -2.11. The molecule has 1 aromatic heterocycles. The molecule has 146 valence electrons. The molecule has 0 radical (unpaired) electrons. The van der Waals surface area contributed by atoms with Crippen LogP contribution in [0.5, 0.6) is 0 Å². The highest BCUT2D eigenvalue weighted by Crippen LogP contribution is 2.19. The molecule has 4 nitrogen and oxygen atoms in total. The molecular formula is C23H25ClN2O2. The van der Waals surface area contributed by atoms with E-state index in [9.17, 15) is 4.79 Å². The third-order valence-electron chi connectivity index (χ3n) is 4.49. The van der Waals surface area contributed by atoms with E-state index >= 15 is 0 Å². The van der Waals surface area contributed by atoms with Gasteiger partial charge in [0.25, 0.3) is 5.56 Å². The van der Waals surface area contributed by atoms with Crippen molar-refractivity contribution in [3.63, 3.8) is 0 Å². The number of likely N-dealkylation sites (N-methyl/N-ethyl adjacent to an activating group) is 1. The normalized spacial score (nSPS) is 11.1. The van der Waals surface area contributed by atoms with Gasteiger partial charge >= 0.3 is 0 Å². The molecule has 0 saturated heterocycles. The number of hydrogen-bond donors (Lipinski definition) is 0. The lowest BCUT2D eigenvalue weighted by Crippen LogP contribution is -2.19. The van der Waals surface area contributed by atoms with E-state index in [1.807, 2.05) is 50.6 Å². The zero-order valence-electron chi connectivity index (χ0n) is 16.3. The third kappa shape index (κ3) is 5.80. The molecule has 0 spiro atoms. The SMILES string of the molecule is CN(C)CCOCc1ccc(-c2ccc(=O)n(Cc3ccc(Cl)cc3)c2)cc1. The van der Waals surface area contributed by atoms with Crippen molar-refractivity contribution in [1.82, 2.24) is 9.47 Å². The largest absolute Gasteiger partial charge is 0.375 e. The first-order valence-corrected chi connectivity index (χ1v) is 9.66. The average molecular weight is 397 g/mol. The summed E-state index contributed by atoms with van der Waals surface area (Å²) in [7, 11) is 4.06. The summed E-state index contributed by atoms with van der Waals surface area (Å²) in [5.41, 5.74) is 4.23. The van der Waals surface area contributed by atoms with Crippen LogP contribution >= 0.6 is 11.6 Å². The van der Waals surface area contributed by atoms with Gasteiger partial charge in [-0.05, 0) is 54.5 Å². The van der Waals surface area contributed by atoms with Crippen LogP contribution in [0.3, 0.4) is 0 Å². The van der Waals surface area contributed by atoms with Crippen molar-refractivity contribution in [1.29, 1.82) is 0 Å². The first-order chi connectivity index (χ1) is 13.5. The summed E-state index contributed by atoms with van der Waals surface area (Å²) in [5, 5.41) is 0.690. The maximum atomic E-state index is 12.2. The van der Waals surface area contributed by atoms with Gasteiger partial charge in [-0.1, -0.05) is 48.0 Å². The van der Waals surface area contributed by atoms with Crippen LogP contribution in [0.15, 0.2) is 71.7 Å². The minimum Gasteiger partial charge on any atom is -0.375 e. The Morgan fingerprint density at radius 1 is 0.893 bits per heavy atom. The molecule has 5 heteroatoms. The van der Waals surface area contributed by atoms with Crippen LogP contribution in [0.25, 0.3) is 11.1 Å². The Balaban J connectivity index is 1.69. The van der Waals surface area contributed by atoms with Crippen molar-refractivity contribution in [2.45, 2.75) is 13.2 Å². The summed E-state index contributed by atoms with van der Waals surface area (Å²) in [6.07, 6.45) is 1.90. The molecule has 3 aromatic rings. The van der Waals surface area contributed by atoms with Gasteiger partial charge in [0.2, 0.25) is 0 Å². The quantitative estimate of drug-likeness (QED) is 0.532. The number of rotatable bonds is 8. The van der Waals surface area contributed by atoms with Gasteiger partial charge < -0.3 is 14.2 Å². The van der Waals surface area contributed by atoms with Crippen molar-refractivity contribution in [2.24, 2.45) is 0 Å². The Kier molecular flexibility index (Phi) is 7.04. The molecule has 0 aliphatic rings. The second kappa shape index (κ2) is 9.69. The lowest BCUT2D eigenvalue weighted by atomic mass is 10.1. The molecule has 0 fully saturated rings. The van der Waals surface area contributed by atoms with Crippen LogP contribution in [0, 0.1) is 0 Å². The standard InChI is InChI=1S/C23H25ClN2O2/c1-25(2)13-14-28-17-19-3-7-20(8-4-19)21-9-12-23(27)26(16-21)15-18-5-10-22(24)11-6-18/h3-12,16H,13-15,17H2,1-2H3. The van der Waals surface area contributed by atoms with Crippen LogP contribution in [-0.2, 0) is 17.9 Å². The van der Waals surface area contributed by atoms with Gasteiger partial charge in [-0.15, -0.1) is 0 Å². The molecule has 0 bridgehead atoms. The van der Waals surface area contributed by atoms with Crippen molar-refractivity contribution in [3.8, 4) is 11.1 Å². The Hall–Kier alpha value is -2.40. The zero-order chi connectivity index (χ0) is 19.9. The molecule has 0 aliphatic carbocycles. The highest BCUT2D eigenvalue weighted by molar-refractivity contribution is 6.30. The Morgan fingerprint density at radius 2 is 1.54 bits per heavy atom. The number of hydrogen-bond acceptors (Lipinski definition) is 3. The number of pyridine rings is 1. The van der Waals surface area contributed by atoms with Crippen LogP contribution in [0.4, 0.5) is 0 Å². The van der Waals surface area contributed by atoms with E-state index in [0.717, 1.165) is 28.8 Å². The fourth-order valence-corrected chi connectivity index (χ4v) is 2.97. The second-order valence-corrected chi connectivity index (χ2v) is 7.50. The minimum absolute atomic E-state index is 0.0235. The van der Waals surface area contributed by atoms with E-state index in [1.54, 1.807) is 10.6 Å². The Bertz CT molecular complexity index is 948. The summed E-state index contributed by atoms with van der Waals surface area (Å²) in [5.74, 6) is 0. The van der Waals surface area contributed by atoms with Gasteiger partial charge in [-0.25, -0.2) is 0 Å². The summed E-state index contributed by atoms with van der Waals surface area (Å²) in [6, 6.07) is 19.3. The highest BCUT2D eigenvalue weighted by atomic mass is 35.5. The van der Waals surface area contributed by atoms with Crippen LogP contribution in [0.2, 0.25) is 5.02 Å². The van der Waals surface area contributed by atoms with Gasteiger partial charge in [0.05, 0.1) is 19.8 Å². The van der Waals surface area contributed by atoms with E-state index in [1.165, 1.54) is 0 Å². The lowest BCUT2D eigenvalue weighted by molar-refractivity contribution is 0.105. The van der Waals surface area contributed by atoms with Crippen LogP contribution in [-0.4, -0.2) is 36.7 Å². The Morgan fingerprint density at radius 3 is 2.21 bits per heavy atom. The van der Waals surface area contributed by atoms with E-state index in [2.05, 4.69) is 29.2 Å². The number of ether oxygens (including phenoxy) is 1. The van der Waals surface area contributed by atoms with Gasteiger partial charge in [0, 0.05) is 23.8 Å². The fourth-order valence-electron chi connectivity index (χ4n) is 2.84. The van der Waals surface area contributed by atoms with Crippen molar-refractivity contribution >= 4 is 11.6 Å². The predicted molar refractivity (Wildman–Crippen MR) is 115 cm³/mol. The monoisotopic (exact) mass is 396 g/mol. The summed E-state index contributed by atoms with van der Waals surface area (Å²) in [4.78, 5) is 14.3. The fraction of sp³-hybridized carbons (Fsp3) is 0.261. The predicted octanol–water partition coefficient (Wildman–Crippen LogP) is 4.30. The van der Waals surface area contributed by atoms with Crippen molar-refractivity contribution in [3.05, 3.63) is 93.4 Å².